The van der Waals surface area contributed by atoms with Gasteiger partial charge in [-0.05, 0) is 92.7 Å². The van der Waals surface area contributed by atoms with Crippen LogP contribution in [-0.4, -0.2) is 58.5 Å². The molecule has 2 aliphatic rings. The molecule has 1 atom stereocenters. The second-order valence-electron chi connectivity index (χ2n) is 10.6. The van der Waals surface area contributed by atoms with Gasteiger partial charge in [0.25, 0.3) is 5.91 Å². The average molecular weight is 532 g/mol. The Bertz CT molecular complexity index is 1280. The number of piperidine rings is 1. The molecule has 0 bridgehead atoms. The summed E-state index contributed by atoms with van der Waals surface area (Å²) in [6, 6.07) is 8.52. The van der Waals surface area contributed by atoms with Crippen molar-refractivity contribution in [1.82, 2.24) is 15.2 Å². The summed E-state index contributed by atoms with van der Waals surface area (Å²) in [5, 5.41) is 25.1. The fourth-order valence-corrected chi connectivity index (χ4v) is 5.63. The number of benzene rings is 1. The first kappa shape index (κ1) is 28.1. The molecule has 3 heterocycles. The molecule has 4 rings (SSSR count). The molecule has 206 valence electrons. The van der Waals surface area contributed by atoms with Gasteiger partial charge in [-0.15, -0.1) is 0 Å². The molecule has 1 aromatic heterocycles. The van der Waals surface area contributed by atoms with E-state index < -0.39 is 17.9 Å². The molecule has 2 aromatic rings. The van der Waals surface area contributed by atoms with Crippen LogP contribution in [-0.2, 0) is 28.9 Å². The third-order valence-electron chi connectivity index (χ3n) is 7.84. The Morgan fingerprint density at radius 1 is 1.26 bits per heavy atom. The van der Waals surface area contributed by atoms with Crippen LogP contribution in [0.2, 0.25) is 0 Å². The highest BCUT2D eigenvalue weighted by molar-refractivity contribution is 5.99. The van der Waals surface area contributed by atoms with Gasteiger partial charge in [-0.2, -0.15) is 5.26 Å². The van der Waals surface area contributed by atoms with Crippen LogP contribution < -0.4 is 10.6 Å². The lowest BCUT2D eigenvalue weighted by Crippen LogP contribution is -2.45. The summed E-state index contributed by atoms with van der Waals surface area (Å²) in [5.41, 5.74) is 4.44. The minimum absolute atomic E-state index is 0.0902. The number of nitrogens with one attached hydrogen (secondary N) is 2. The van der Waals surface area contributed by atoms with Crippen LogP contribution in [0, 0.1) is 24.2 Å². The first-order chi connectivity index (χ1) is 18.8. The largest absolute Gasteiger partial charge is 0.480 e. The maximum atomic E-state index is 13.1. The molecule has 3 N–H and O–H groups in total. The monoisotopic (exact) mass is 531 g/mol. The molecule has 0 radical (unpaired) electrons. The average Bonchev–Trinajstić information content (AvgIpc) is 2.95. The molecule has 0 saturated carbocycles. The number of anilines is 1. The number of hydrogen-bond donors (Lipinski definition) is 3. The summed E-state index contributed by atoms with van der Waals surface area (Å²) in [6.07, 6.45) is 5.40. The fourth-order valence-electron chi connectivity index (χ4n) is 5.63. The number of carboxylic acids is 1. The zero-order valence-electron chi connectivity index (χ0n) is 22.8. The van der Waals surface area contributed by atoms with Gasteiger partial charge in [0.1, 0.15) is 11.9 Å². The molecule has 9 nitrogen and oxygen atoms in total. The van der Waals surface area contributed by atoms with Gasteiger partial charge in [0.15, 0.2) is 0 Å². The number of hydrogen-bond acceptors (Lipinski definition) is 6. The molecule has 1 aromatic carbocycles. The molecule has 39 heavy (non-hydrogen) atoms. The van der Waals surface area contributed by atoms with Crippen molar-refractivity contribution in [1.29, 1.82) is 5.26 Å². The van der Waals surface area contributed by atoms with Crippen LogP contribution in [0.1, 0.15) is 77.3 Å². The van der Waals surface area contributed by atoms with Crippen molar-refractivity contribution in [2.45, 2.75) is 71.3 Å². The number of carbonyl (C=O) groups excluding carboxylic acids is 2. The van der Waals surface area contributed by atoms with Gasteiger partial charge in [0, 0.05) is 37.3 Å². The Morgan fingerprint density at radius 3 is 2.72 bits per heavy atom. The minimum atomic E-state index is -1.07. The van der Waals surface area contributed by atoms with Gasteiger partial charge in [0.2, 0.25) is 5.91 Å². The van der Waals surface area contributed by atoms with E-state index >= 15 is 0 Å². The second-order valence-corrected chi connectivity index (χ2v) is 10.6. The smallest absolute Gasteiger partial charge is 0.326 e. The van der Waals surface area contributed by atoms with E-state index in [-0.39, 0.29) is 11.8 Å². The number of nitrogens with zero attached hydrogens (tertiary/aromatic N) is 3. The van der Waals surface area contributed by atoms with Crippen molar-refractivity contribution in [3.8, 4) is 6.07 Å². The van der Waals surface area contributed by atoms with Crippen molar-refractivity contribution in [3.63, 3.8) is 0 Å². The van der Waals surface area contributed by atoms with E-state index in [4.69, 9.17) is 0 Å². The quantitative estimate of drug-likeness (QED) is 0.450. The van der Waals surface area contributed by atoms with E-state index in [1.165, 1.54) is 5.56 Å². The van der Waals surface area contributed by atoms with Crippen molar-refractivity contribution in [3.05, 3.63) is 57.8 Å². The van der Waals surface area contributed by atoms with Crippen LogP contribution in [0.15, 0.2) is 24.3 Å². The van der Waals surface area contributed by atoms with Crippen molar-refractivity contribution >= 4 is 23.6 Å². The predicted octanol–water partition coefficient (Wildman–Crippen LogP) is 3.63. The number of amides is 2. The lowest BCUT2D eigenvalue weighted by Gasteiger charge is -2.33. The Morgan fingerprint density at radius 2 is 2.03 bits per heavy atom. The zero-order chi connectivity index (χ0) is 27.9. The van der Waals surface area contributed by atoms with Gasteiger partial charge < -0.3 is 20.6 Å². The van der Waals surface area contributed by atoms with Gasteiger partial charge in [-0.1, -0.05) is 13.0 Å². The summed E-state index contributed by atoms with van der Waals surface area (Å²) in [4.78, 5) is 44.5. The van der Waals surface area contributed by atoms with Gasteiger partial charge in [0.05, 0.1) is 11.6 Å². The predicted molar refractivity (Wildman–Crippen MR) is 147 cm³/mol. The molecular weight excluding hydrogens is 494 g/mol. The number of likely N-dealkylation sites (tertiary alicyclic amines) is 1. The Balaban J connectivity index is 1.28. The standard InChI is InChI=1S/C30H37N5O4/c1-3-22-16-21(18-31)15-19(2)27(22)29(37)34-25(30(38)39)17-20-10-13-35(14-11-20)26(36)9-8-24-7-6-23-5-4-12-32-28(23)33-24/h6-7,15-16,20,25H,3-5,8-14,17H2,1-2H3,(H,32,33)(H,34,37)(H,38,39). The van der Waals surface area contributed by atoms with Crippen molar-refractivity contribution in [2.24, 2.45) is 5.92 Å². The van der Waals surface area contributed by atoms with Crippen LogP contribution in [0.3, 0.4) is 0 Å². The zero-order valence-corrected chi connectivity index (χ0v) is 22.8. The van der Waals surface area contributed by atoms with E-state index in [0.29, 0.717) is 68.3 Å². The van der Waals surface area contributed by atoms with Crippen LogP contribution in [0.5, 0.6) is 0 Å². The molecule has 1 unspecified atom stereocenters. The first-order valence-electron chi connectivity index (χ1n) is 13.9. The number of carboxylic acid groups (broad SMARTS) is 1. The third kappa shape index (κ3) is 6.94. The highest BCUT2D eigenvalue weighted by Crippen LogP contribution is 2.25. The number of aromatic nitrogens is 1. The first-order valence-corrected chi connectivity index (χ1v) is 13.9. The molecular formula is C30H37N5O4. The van der Waals surface area contributed by atoms with Gasteiger partial charge in [-0.3, -0.25) is 9.59 Å². The Hall–Kier alpha value is -3.93. The minimum Gasteiger partial charge on any atom is -0.480 e. The molecule has 2 aliphatic heterocycles. The van der Waals surface area contributed by atoms with Crippen molar-refractivity contribution < 1.29 is 19.5 Å². The SMILES string of the molecule is CCc1cc(C#N)cc(C)c1C(=O)NC(CC1CCN(C(=O)CCc2ccc3c(n2)NCCC3)CC1)C(=O)O. The highest BCUT2D eigenvalue weighted by Gasteiger charge is 2.29. The fraction of sp³-hybridized carbons (Fsp3) is 0.500. The van der Waals surface area contributed by atoms with E-state index in [2.05, 4.69) is 27.8 Å². The summed E-state index contributed by atoms with van der Waals surface area (Å²) >= 11 is 0. The number of carbonyl (C=O) groups is 3. The maximum absolute atomic E-state index is 13.1. The summed E-state index contributed by atoms with van der Waals surface area (Å²) in [7, 11) is 0. The molecule has 1 fully saturated rings. The number of nitriles is 1. The van der Waals surface area contributed by atoms with Gasteiger partial charge in [-0.25, -0.2) is 9.78 Å². The number of aryl methyl sites for hydroxylation is 4. The lowest BCUT2D eigenvalue weighted by atomic mass is 9.89. The lowest BCUT2D eigenvalue weighted by molar-refractivity contribution is -0.140. The molecule has 9 heteroatoms. The van der Waals surface area contributed by atoms with E-state index in [0.717, 1.165) is 36.5 Å². The Labute approximate surface area is 229 Å². The maximum Gasteiger partial charge on any atom is 0.326 e. The molecule has 0 aliphatic carbocycles. The topological polar surface area (TPSA) is 135 Å². The van der Waals surface area contributed by atoms with Crippen LogP contribution >= 0.6 is 0 Å². The van der Waals surface area contributed by atoms with Gasteiger partial charge >= 0.3 is 5.97 Å². The molecule has 1 saturated heterocycles. The van der Waals surface area contributed by atoms with Crippen LogP contribution in [0.4, 0.5) is 5.82 Å². The second kappa shape index (κ2) is 12.7. The summed E-state index contributed by atoms with van der Waals surface area (Å²) in [5.74, 6) is -0.380. The summed E-state index contributed by atoms with van der Waals surface area (Å²) in [6.45, 7) is 5.75. The number of fused-ring (bicyclic) bond motifs is 1. The molecule has 0 spiro atoms. The highest BCUT2D eigenvalue weighted by atomic mass is 16.4. The number of aliphatic carboxylic acids is 1. The van der Waals surface area contributed by atoms with E-state index in [9.17, 15) is 24.8 Å². The normalized spacial score (nSPS) is 16.0. The number of pyridine rings is 1. The Kier molecular flexibility index (Phi) is 9.18. The molecule has 2 amide bonds. The summed E-state index contributed by atoms with van der Waals surface area (Å²) < 4.78 is 0. The van der Waals surface area contributed by atoms with Crippen LogP contribution in [0.25, 0.3) is 0 Å². The van der Waals surface area contributed by atoms with E-state index in [1.807, 2.05) is 17.9 Å². The van der Waals surface area contributed by atoms with Crippen molar-refractivity contribution in [2.75, 3.05) is 25.0 Å². The van der Waals surface area contributed by atoms with E-state index in [1.54, 1.807) is 19.1 Å². The number of rotatable bonds is 9. The third-order valence-corrected chi connectivity index (χ3v) is 7.84.